The first kappa shape index (κ1) is 17.5. The molecule has 1 aliphatic carbocycles. The van der Waals surface area contributed by atoms with E-state index in [1.165, 1.54) is 0 Å². The highest BCUT2D eigenvalue weighted by Crippen LogP contribution is 2.29. The number of para-hydroxylation sites is 1. The van der Waals surface area contributed by atoms with Gasteiger partial charge in [-0.05, 0) is 44.7 Å². The van der Waals surface area contributed by atoms with E-state index in [1.807, 2.05) is 50.2 Å². The van der Waals surface area contributed by atoms with E-state index in [2.05, 4.69) is 10.3 Å². The van der Waals surface area contributed by atoms with Gasteiger partial charge in [0, 0.05) is 25.5 Å². The Kier molecular flexibility index (Phi) is 5.36. The topological polar surface area (TPSA) is 67.3 Å². The Labute approximate surface area is 148 Å². The molecule has 134 valence electrons. The van der Waals surface area contributed by atoms with E-state index in [-0.39, 0.29) is 11.9 Å². The highest BCUT2D eigenvalue weighted by atomic mass is 16.5. The van der Waals surface area contributed by atoms with E-state index in [0.717, 1.165) is 42.4 Å². The Morgan fingerprint density at radius 2 is 1.92 bits per heavy atom. The molecule has 1 fully saturated rings. The Morgan fingerprint density at radius 3 is 2.60 bits per heavy atom. The quantitative estimate of drug-likeness (QED) is 0.842. The van der Waals surface area contributed by atoms with Gasteiger partial charge in [0.15, 0.2) is 0 Å². The number of esters is 1. The minimum atomic E-state index is -0.0576. The van der Waals surface area contributed by atoms with Gasteiger partial charge < -0.3 is 15.0 Å². The molecule has 0 amide bonds. The fourth-order valence-electron chi connectivity index (χ4n) is 3.38. The third kappa shape index (κ3) is 4.00. The van der Waals surface area contributed by atoms with Crippen LogP contribution in [0.5, 0.6) is 0 Å². The molecule has 1 aliphatic rings. The smallest absolute Gasteiger partial charge is 0.308 e. The van der Waals surface area contributed by atoms with Crippen molar-refractivity contribution in [2.45, 2.75) is 38.6 Å². The zero-order valence-corrected chi connectivity index (χ0v) is 15.2. The lowest BCUT2D eigenvalue weighted by Crippen LogP contribution is -2.31. The number of rotatable bonds is 5. The highest BCUT2D eigenvalue weighted by Gasteiger charge is 2.27. The number of ether oxygens (including phenoxy) is 1. The molecule has 0 bridgehead atoms. The monoisotopic (exact) mass is 342 g/mol. The molecule has 1 saturated carbocycles. The molecule has 0 atom stereocenters. The van der Waals surface area contributed by atoms with Crippen LogP contribution in [-0.2, 0) is 9.53 Å². The number of carbonyl (C=O) groups excluding carboxylic acids is 1. The minimum absolute atomic E-state index is 0.0351. The summed E-state index contributed by atoms with van der Waals surface area (Å²) in [5.41, 5.74) is 0.934. The van der Waals surface area contributed by atoms with Crippen molar-refractivity contribution in [3.05, 3.63) is 24.3 Å². The van der Waals surface area contributed by atoms with Gasteiger partial charge in [-0.3, -0.25) is 4.79 Å². The third-order valence-corrected chi connectivity index (χ3v) is 4.69. The van der Waals surface area contributed by atoms with Gasteiger partial charge in [-0.1, -0.05) is 12.1 Å². The van der Waals surface area contributed by atoms with Crippen LogP contribution in [0, 0.1) is 5.92 Å². The molecule has 2 aromatic rings. The molecule has 0 radical (unpaired) electrons. The zero-order chi connectivity index (χ0) is 17.8. The average Bonchev–Trinajstić information content (AvgIpc) is 2.61. The lowest BCUT2D eigenvalue weighted by molar-refractivity contribution is -0.149. The predicted molar refractivity (Wildman–Crippen MR) is 99.9 cm³/mol. The molecule has 1 N–H and O–H groups in total. The van der Waals surface area contributed by atoms with E-state index >= 15 is 0 Å². The maximum atomic E-state index is 11.9. The van der Waals surface area contributed by atoms with Gasteiger partial charge in [0.05, 0.1) is 18.0 Å². The summed E-state index contributed by atoms with van der Waals surface area (Å²) in [6.45, 7) is 2.31. The largest absolute Gasteiger partial charge is 0.466 e. The molecule has 25 heavy (non-hydrogen) atoms. The van der Waals surface area contributed by atoms with Crippen molar-refractivity contribution in [2.24, 2.45) is 5.92 Å². The second-order valence-corrected chi connectivity index (χ2v) is 6.73. The molecule has 1 heterocycles. The summed E-state index contributed by atoms with van der Waals surface area (Å²) < 4.78 is 5.14. The van der Waals surface area contributed by atoms with Gasteiger partial charge in [0.25, 0.3) is 0 Å². The SMILES string of the molecule is CCOC(=O)C1CCC(Nc2nc(N(C)C)c3ccccc3n2)CC1. The van der Waals surface area contributed by atoms with Gasteiger partial charge in [0.2, 0.25) is 5.95 Å². The first-order valence-corrected chi connectivity index (χ1v) is 8.95. The van der Waals surface area contributed by atoms with Crippen LogP contribution in [0.4, 0.5) is 11.8 Å². The van der Waals surface area contributed by atoms with Crippen molar-refractivity contribution in [1.29, 1.82) is 0 Å². The predicted octanol–water partition coefficient (Wildman–Crippen LogP) is 3.23. The molecule has 0 saturated heterocycles. The Balaban J connectivity index is 1.71. The maximum Gasteiger partial charge on any atom is 0.308 e. The van der Waals surface area contributed by atoms with Crippen molar-refractivity contribution < 1.29 is 9.53 Å². The number of nitrogens with zero attached hydrogens (tertiary/aromatic N) is 3. The van der Waals surface area contributed by atoms with E-state index < -0.39 is 0 Å². The molecular weight excluding hydrogens is 316 g/mol. The number of fused-ring (bicyclic) bond motifs is 1. The molecule has 6 nitrogen and oxygen atoms in total. The fraction of sp³-hybridized carbons (Fsp3) is 0.526. The van der Waals surface area contributed by atoms with Crippen LogP contribution in [-0.4, -0.2) is 42.7 Å². The van der Waals surface area contributed by atoms with E-state index in [4.69, 9.17) is 9.72 Å². The Bertz CT molecular complexity index is 739. The molecule has 0 unspecified atom stereocenters. The average molecular weight is 342 g/mol. The molecule has 0 aliphatic heterocycles. The van der Waals surface area contributed by atoms with Gasteiger partial charge >= 0.3 is 5.97 Å². The molecule has 0 spiro atoms. The molecule has 1 aromatic carbocycles. The van der Waals surface area contributed by atoms with Gasteiger partial charge in [-0.15, -0.1) is 0 Å². The summed E-state index contributed by atoms with van der Waals surface area (Å²) in [6.07, 6.45) is 3.56. The highest BCUT2D eigenvalue weighted by molar-refractivity contribution is 5.90. The second-order valence-electron chi connectivity index (χ2n) is 6.73. The number of nitrogens with one attached hydrogen (secondary N) is 1. The first-order valence-electron chi connectivity index (χ1n) is 8.95. The summed E-state index contributed by atoms with van der Waals surface area (Å²) in [6, 6.07) is 8.33. The van der Waals surface area contributed by atoms with Crippen molar-refractivity contribution >= 4 is 28.6 Å². The molecule has 1 aromatic heterocycles. The van der Waals surface area contributed by atoms with Crippen LogP contribution < -0.4 is 10.2 Å². The van der Waals surface area contributed by atoms with Gasteiger partial charge in [0.1, 0.15) is 5.82 Å². The lowest BCUT2D eigenvalue weighted by atomic mass is 9.86. The molecule has 3 rings (SSSR count). The zero-order valence-electron chi connectivity index (χ0n) is 15.2. The summed E-state index contributed by atoms with van der Waals surface area (Å²) >= 11 is 0. The van der Waals surface area contributed by atoms with Crippen LogP contribution in [0.2, 0.25) is 0 Å². The van der Waals surface area contributed by atoms with Crippen molar-refractivity contribution in [2.75, 3.05) is 30.9 Å². The van der Waals surface area contributed by atoms with Crippen molar-refractivity contribution in [3.63, 3.8) is 0 Å². The number of hydrogen-bond donors (Lipinski definition) is 1. The summed E-state index contributed by atoms with van der Waals surface area (Å²) in [5.74, 6) is 1.54. The van der Waals surface area contributed by atoms with Crippen molar-refractivity contribution in [3.8, 4) is 0 Å². The van der Waals surface area contributed by atoms with E-state index in [1.54, 1.807) is 0 Å². The van der Waals surface area contributed by atoms with Crippen LogP contribution >= 0.6 is 0 Å². The minimum Gasteiger partial charge on any atom is -0.466 e. The molecule has 6 heteroatoms. The van der Waals surface area contributed by atoms with E-state index in [9.17, 15) is 4.79 Å². The number of hydrogen-bond acceptors (Lipinski definition) is 6. The van der Waals surface area contributed by atoms with Crippen LogP contribution in [0.15, 0.2) is 24.3 Å². The summed E-state index contributed by atoms with van der Waals surface area (Å²) in [4.78, 5) is 23.2. The Hall–Kier alpha value is -2.37. The maximum absolute atomic E-state index is 11.9. The standard InChI is InChI=1S/C19H26N4O2/c1-4-25-18(24)13-9-11-14(12-10-13)20-19-21-16-8-6-5-7-15(16)17(22-19)23(2)3/h5-8,13-14H,4,9-12H2,1-3H3,(H,20,21,22). The Morgan fingerprint density at radius 1 is 1.20 bits per heavy atom. The molecular formula is C19H26N4O2. The van der Waals surface area contributed by atoms with Gasteiger partial charge in [-0.25, -0.2) is 4.98 Å². The van der Waals surface area contributed by atoms with E-state index in [0.29, 0.717) is 18.6 Å². The lowest BCUT2D eigenvalue weighted by Gasteiger charge is -2.28. The summed E-state index contributed by atoms with van der Waals surface area (Å²) in [7, 11) is 3.98. The van der Waals surface area contributed by atoms with Gasteiger partial charge in [-0.2, -0.15) is 4.98 Å². The fourth-order valence-corrected chi connectivity index (χ4v) is 3.38. The van der Waals surface area contributed by atoms with Crippen LogP contribution in [0.1, 0.15) is 32.6 Å². The second kappa shape index (κ2) is 7.68. The first-order chi connectivity index (χ1) is 12.1. The van der Waals surface area contributed by atoms with Crippen LogP contribution in [0.25, 0.3) is 10.9 Å². The van der Waals surface area contributed by atoms with Crippen LogP contribution in [0.3, 0.4) is 0 Å². The summed E-state index contributed by atoms with van der Waals surface area (Å²) in [5, 5.41) is 4.50. The number of carbonyl (C=O) groups is 1. The van der Waals surface area contributed by atoms with Crippen molar-refractivity contribution in [1.82, 2.24) is 9.97 Å². The normalized spacial score (nSPS) is 20.3. The number of anilines is 2. The number of aromatic nitrogens is 2. The third-order valence-electron chi connectivity index (χ3n) is 4.69. The number of benzene rings is 1.